The van der Waals surface area contributed by atoms with Crippen LogP contribution in [0.3, 0.4) is 0 Å². The van der Waals surface area contributed by atoms with E-state index in [0.717, 1.165) is 33.9 Å². The van der Waals surface area contributed by atoms with Crippen molar-refractivity contribution >= 4 is 41.2 Å². The summed E-state index contributed by atoms with van der Waals surface area (Å²) in [6.45, 7) is 3.82. The second kappa shape index (κ2) is 9.15. The number of rotatable bonds is 7. The highest BCUT2D eigenvalue weighted by molar-refractivity contribution is 7.96. The number of fused-ring (bicyclic) bond motifs is 1. The fourth-order valence-electron chi connectivity index (χ4n) is 2.73. The molecule has 7 heteroatoms. The number of methoxy groups -OCH3 is 1. The van der Waals surface area contributed by atoms with Crippen molar-refractivity contribution in [3.05, 3.63) is 53.9 Å². The highest BCUT2D eigenvalue weighted by Gasteiger charge is 2.14. The van der Waals surface area contributed by atoms with Gasteiger partial charge in [-0.15, -0.1) is 25.0 Å². The quantitative estimate of drug-likeness (QED) is 0.555. The van der Waals surface area contributed by atoms with Crippen LogP contribution < -0.4 is 9.47 Å². The average molecular weight is 407 g/mol. The van der Waals surface area contributed by atoms with E-state index in [1.165, 1.54) is 0 Å². The zero-order chi connectivity index (χ0) is 18.7. The molecule has 1 heterocycles. The number of carbonyl (C=O) groups is 1. The molecule has 2 unspecified atom stereocenters. The lowest BCUT2D eigenvalue weighted by atomic mass is 10.0. The van der Waals surface area contributed by atoms with Crippen LogP contribution in [0.5, 0.6) is 11.5 Å². The molecule has 0 spiro atoms. The molecule has 0 bridgehead atoms. The van der Waals surface area contributed by atoms with Gasteiger partial charge >= 0.3 is 0 Å². The van der Waals surface area contributed by atoms with E-state index >= 15 is 0 Å². The number of hydrogen-bond donors (Lipinski definition) is 2. The van der Waals surface area contributed by atoms with Gasteiger partial charge in [-0.1, -0.05) is 19.1 Å². The number of carbonyl (C=O) groups excluding carboxylic acids is 1. The van der Waals surface area contributed by atoms with E-state index in [4.69, 9.17) is 9.47 Å². The number of aromatic nitrogens is 2. The Morgan fingerprint density at radius 3 is 2.44 bits per heavy atom. The van der Waals surface area contributed by atoms with E-state index in [9.17, 15) is 4.79 Å². The molecule has 0 saturated carbocycles. The third kappa shape index (κ3) is 5.17. The smallest absolute Gasteiger partial charge is 0.189 e. The molecule has 0 aliphatic rings. The Morgan fingerprint density at radius 1 is 1.15 bits per heavy atom. The van der Waals surface area contributed by atoms with Gasteiger partial charge in [-0.3, -0.25) is 4.79 Å². The van der Waals surface area contributed by atoms with Crippen LogP contribution in [0.15, 0.2) is 42.5 Å². The molecule has 0 radical (unpaired) electrons. The zero-order valence-electron chi connectivity index (χ0n) is 15.4. The first-order valence-corrected chi connectivity index (χ1v) is 8.93. The summed E-state index contributed by atoms with van der Waals surface area (Å²) < 4.78 is 11.2. The van der Waals surface area contributed by atoms with Crippen LogP contribution >= 0.6 is 25.0 Å². The normalized spacial score (nSPS) is 12.9. The number of nitrogens with one attached hydrogen (secondary N) is 1. The fourth-order valence-corrected chi connectivity index (χ4v) is 2.82. The standard InChI is InChI=1S/C20H22N2O3S.ClH/c1-12(20(23)26)10-14-4-6-15(7-5-14)25-13(2)19-21-17-9-8-16(24-3)11-18(17)22-19;/h4-9,11-13H,10H2,1-3H3,(H,21,22)(H,23,26);1H. The Balaban J connectivity index is 0.00000261. The largest absolute Gasteiger partial charge is 0.497 e. The molecule has 1 aromatic heterocycles. The lowest BCUT2D eigenvalue weighted by Gasteiger charge is -2.13. The molecule has 2 aromatic carbocycles. The molecule has 0 amide bonds. The minimum Gasteiger partial charge on any atom is -0.497 e. The number of imidazole rings is 1. The van der Waals surface area contributed by atoms with Crippen molar-refractivity contribution in [3.63, 3.8) is 0 Å². The van der Waals surface area contributed by atoms with E-state index in [-0.39, 0.29) is 29.5 Å². The minimum absolute atomic E-state index is 0. The van der Waals surface area contributed by atoms with Crippen LogP contribution in [0.1, 0.15) is 31.3 Å². The third-order valence-electron chi connectivity index (χ3n) is 4.29. The number of benzene rings is 2. The minimum atomic E-state index is -0.225. The van der Waals surface area contributed by atoms with Crippen LogP contribution in [0.4, 0.5) is 0 Å². The first-order chi connectivity index (χ1) is 12.5. The van der Waals surface area contributed by atoms with Crippen molar-refractivity contribution in [2.24, 2.45) is 5.92 Å². The van der Waals surface area contributed by atoms with Crippen LogP contribution in [-0.2, 0) is 11.2 Å². The van der Waals surface area contributed by atoms with Crippen molar-refractivity contribution in [3.8, 4) is 11.5 Å². The monoisotopic (exact) mass is 406 g/mol. The lowest BCUT2D eigenvalue weighted by Crippen LogP contribution is -2.08. The number of aromatic amines is 1. The predicted octanol–water partition coefficient (Wildman–Crippen LogP) is 4.77. The maximum Gasteiger partial charge on any atom is 0.189 e. The molecule has 144 valence electrons. The van der Waals surface area contributed by atoms with Gasteiger partial charge < -0.3 is 14.5 Å². The summed E-state index contributed by atoms with van der Waals surface area (Å²) in [5.74, 6) is 2.19. The van der Waals surface area contributed by atoms with Crippen molar-refractivity contribution < 1.29 is 14.3 Å². The van der Waals surface area contributed by atoms with Gasteiger partial charge in [-0.2, -0.15) is 0 Å². The topological polar surface area (TPSA) is 64.2 Å². The molecule has 0 fully saturated rings. The summed E-state index contributed by atoms with van der Waals surface area (Å²) in [7, 11) is 1.64. The van der Waals surface area contributed by atoms with Crippen LogP contribution in [0.25, 0.3) is 11.0 Å². The van der Waals surface area contributed by atoms with Gasteiger partial charge in [0, 0.05) is 12.0 Å². The van der Waals surface area contributed by atoms with Gasteiger partial charge in [-0.05, 0) is 43.2 Å². The second-order valence-electron chi connectivity index (χ2n) is 6.35. The van der Waals surface area contributed by atoms with E-state index in [0.29, 0.717) is 6.42 Å². The van der Waals surface area contributed by atoms with Gasteiger partial charge in [0.1, 0.15) is 17.3 Å². The number of ether oxygens (including phenoxy) is 2. The summed E-state index contributed by atoms with van der Waals surface area (Å²) >= 11 is 3.88. The molecular formula is C20H23ClN2O3S. The van der Waals surface area contributed by atoms with Crippen LogP contribution in [0, 0.1) is 5.92 Å². The Bertz CT molecular complexity index is 911. The highest BCUT2D eigenvalue weighted by atomic mass is 35.5. The maximum atomic E-state index is 11.3. The Morgan fingerprint density at radius 2 is 1.81 bits per heavy atom. The summed E-state index contributed by atoms with van der Waals surface area (Å²) in [6, 6.07) is 13.5. The number of H-pyrrole nitrogens is 1. The fraction of sp³-hybridized carbons (Fsp3) is 0.300. The number of hydrogen-bond acceptors (Lipinski definition) is 4. The summed E-state index contributed by atoms with van der Waals surface area (Å²) in [5, 5.41) is -0.0968. The van der Waals surface area contributed by atoms with Gasteiger partial charge in [0.05, 0.1) is 18.1 Å². The van der Waals surface area contributed by atoms with E-state index in [1.54, 1.807) is 7.11 Å². The molecule has 0 saturated heterocycles. The molecule has 0 aliphatic carbocycles. The molecule has 0 aliphatic heterocycles. The SMILES string of the molecule is COc1ccc2nc(C(C)Oc3ccc(CC(C)C(=O)S)cc3)[nH]c2c1.Cl. The third-order valence-corrected chi connectivity index (χ3v) is 4.73. The van der Waals surface area contributed by atoms with E-state index in [1.807, 2.05) is 56.3 Å². The highest BCUT2D eigenvalue weighted by Crippen LogP contribution is 2.25. The van der Waals surface area contributed by atoms with Crippen molar-refractivity contribution in [1.82, 2.24) is 9.97 Å². The first-order valence-electron chi connectivity index (χ1n) is 8.48. The number of nitrogens with zero attached hydrogens (tertiary/aromatic N) is 1. The van der Waals surface area contributed by atoms with Crippen LogP contribution in [-0.4, -0.2) is 22.2 Å². The zero-order valence-corrected chi connectivity index (χ0v) is 17.1. The van der Waals surface area contributed by atoms with E-state index in [2.05, 4.69) is 22.6 Å². The molecule has 1 N–H and O–H groups in total. The summed E-state index contributed by atoms with van der Waals surface area (Å²) in [4.78, 5) is 19.1. The first kappa shape index (κ1) is 21.1. The average Bonchev–Trinajstić information content (AvgIpc) is 3.06. The molecule has 2 atom stereocenters. The van der Waals surface area contributed by atoms with E-state index < -0.39 is 0 Å². The Kier molecular flexibility index (Phi) is 7.16. The summed E-state index contributed by atoms with van der Waals surface area (Å²) in [6.07, 6.45) is 0.445. The maximum absolute atomic E-state index is 11.3. The summed E-state index contributed by atoms with van der Waals surface area (Å²) in [5.41, 5.74) is 2.86. The van der Waals surface area contributed by atoms with Crippen LogP contribution in [0.2, 0.25) is 0 Å². The van der Waals surface area contributed by atoms with Gasteiger partial charge in [-0.25, -0.2) is 4.98 Å². The number of thiol groups is 1. The number of halogens is 1. The molecule has 27 heavy (non-hydrogen) atoms. The lowest BCUT2D eigenvalue weighted by molar-refractivity contribution is -0.113. The van der Waals surface area contributed by atoms with Gasteiger partial charge in [0.25, 0.3) is 0 Å². The molecule has 3 rings (SSSR count). The van der Waals surface area contributed by atoms with Crippen molar-refractivity contribution in [2.45, 2.75) is 26.4 Å². The Hall–Kier alpha value is -2.18. The molecule has 3 aromatic rings. The second-order valence-corrected chi connectivity index (χ2v) is 6.79. The van der Waals surface area contributed by atoms with Gasteiger partial charge in [0.2, 0.25) is 0 Å². The molecule has 5 nitrogen and oxygen atoms in total. The predicted molar refractivity (Wildman–Crippen MR) is 112 cm³/mol. The van der Waals surface area contributed by atoms with Gasteiger partial charge in [0.15, 0.2) is 11.2 Å². The molecular weight excluding hydrogens is 384 g/mol. The Labute approximate surface area is 170 Å². The van der Waals surface area contributed by atoms with Crippen molar-refractivity contribution in [2.75, 3.05) is 7.11 Å². The van der Waals surface area contributed by atoms with Crippen molar-refractivity contribution in [1.29, 1.82) is 0 Å².